The van der Waals surface area contributed by atoms with Crippen LogP contribution in [0.1, 0.15) is 55.8 Å². The molecule has 1 aliphatic heterocycles. The summed E-state index contributed by atoms with van der Waals surface area (Å²) in [6.45, 7) is 2.58. The monoisotopic (exact) mass is 394 g/mol. The summed E-state index contributed by atoms with van der Waals surface area (Å²) in [4.78, 5) is 25.8. The van der Waals surface area contributed by atoms with E-state index >= 15 is 0 Å². The number of hydrogen-bond acceptors (Lipinski definition) is 4. The number of halogens is 1. The van der Waals surface area contributed by atoms with Crippen LogP contribution in [0.2, 0.25) is 5.02 Å². The van der Waals surface area contributed by atoms with Gasteiger partial charge in [0, 0.05) is 37.5 Å². The quantitative estimate of drug-likeness (QED) is 0.804. The topological polar surface area (TPSA) is 78.9 Å². The molecule has 1 saturated heterocycles. The molecular weight excluding hydrogens is 368 g/mol. The van der Waals surface area contributed by atoms with E-state index in [-0.39, 0.29) is 24.0 Å². The standard InChI is InChI=1S/C20H27ClN2O4/c1-13(24)20(26)23-10-8-16(9-11-23)27-18-7-6-14(12-17(18)21)19(25)22-15-4-2-3-5-15/h6-7,12-13,15-16,24H,2-5,8-11H2,1H3,(H,22,25)/t13-/m1/s1. The van der Waals surface area contributed by atoms with Gasteiger partial charge in [0.05, 0.1) is 5.02 Å². The summed E-state index contributed by atoms with van der Waals surface area (Å²) in [7, 11) is 0. The average Bonchev–Trinajstić information content (AvgIpc) is 3.16. The Kier molecular flexibility index (Phi) is 6.60. The highest BCUT2D eigenvalue weighted by molar-refractivity contribution is 6.32. The lowest BCUT2D eigenvalue weighted by Crippen LogP contribution is -2.45. The van der Waals surface area contributed by atoms with Crippen LogP contribution >= 0.6 is 11.6 Å². The number of nitrogens with one attached hydrogen (secondary N) is 1. The maximum atomic E-state index is 12.3. The van der Waals surface area contributed by atoms with Crippen molar-refractivity contribution in [2.24, 2.45) is 0 Å². The molecule has 3 rings (SSSR count). The van der Waals surface area contributed by atoms with Crippen molar-refractivity contribution in [1.29, 1.82) is 0 Å². The summed E-state index contributed by atoms with van der Waals surface area (Å²) in [6, 6.07) is 5.38. The van der Waals surface area contributed by atoms with Crippen LogP contribution in [-0.4, -0.2) is 53.2 Å². The van der Waals surface area contributed by atoms with Gasteiger partial charge in [-0.2, -0.15) is 0 Å². The molecule has 1 aromatic rings. The van der Waals surface area contributed by atoms with Crippen molar-refractivity contribution in [1.82, 2.24) is 10.2 Å². The van der Waals surface area contributed by atoms with Crippen LogP contribution in [-0.2, 0) is 4.79 Å². The normalized spacial score (nSPS) is 19.7. The summed E-state index contributed by atoms with van der Waals surface area (Å²) < 4.78 is 5.98. The SMILES string of the molecule is C[C@@H](O)C(=O)N1CCC(Oc2ccc(C(=O)NC3CCCC3)cc2Cl)CC1. The Bertz CT molecular complexity index is 681. The summed E-state index contributed by atoms with van der Waals surface area (Å²) >= 11 is 6.33. The Balaban J connectivity index is 1.54. The molecule has 2 N–H and O–H groups in total. The van der Waals surface area contributed by atoms with Gasteiger partial charge in [-0.15, -0.1) is 0 Å². The fourth-order valence-corrected chi connectivity index (χ4v) is 3.94. The van der Waals surface area contributed by atoms with E-state index in [0.29, 0.717) is 42.3 Å². The molecule has 2 amide bonds. The maximum Gasteiger partial charge on any atom is 0.251 e. The Morgan fingerprint density at radius 2 is 1.89 bits per heavy atom. The predicted octanol–water partition coefficient (Wildman–Crippen LogP) is 2.76. The molecule has 1 aromatic carbocycles. The van der Waals surface area contributed by atoms with Gasteiger partial charge in [0.25, 0.3) is 11.8 Å². The summed E-state index contributed by atoms with van der Waals surface area (Å²) in [5.74, 6) is 0.207. The van der Waals surface area contributed by atoms with Crippen molar-refractivity contribution in [2.75, 3.05) is 13.1 Å². The number of likely N-dealkylation sites (tertiary alicyclic amines) is 1. The molecule has 7 heteroatoms. The molecule has 148 valence electrons. The van der Waals surface area contributed by atoms with E-state index in [1.165, 1.54) is 19.8 Å². The van der Waals surface area contributed by atoms with Crippen LogP contribution in [0, 0.1) is 0 Å². The molecule has 0 radical (unpaired) electrons. The molecule has 2 fully saturated rings. The van der Waals surface area contributed by atoms with Crippen molar-refractivity contribution < 1.29 is 19.4 Å². The molecule has 1 aliphatic carbocycles. The van der Waals surface area contributed by atoms with Crippen molar-refractivity contribution in [3.05, 3.63) is 28.8 Å². The van der Waals surface area contributed by atoms with Crippen molar-refractivity contribution >= 4 is 23.4 Å². The lowest BCUT2D eigenvalue weighted by Gasteiger charge is -2.33. The van der Waals surface area contributed by atoms with E-state index in [1.807, 2.05) is 0 Å². The number of aliphatic hydroxyl groups excluding tert-OH is 1. The number of aliphatic hydroxyl groups is 1. The number of amides is 2. The molecule has 1 heterocycles. The van der Waals surface area contributed by atoms with E-state index in [9.17, 15) is 14.7 Å². The molecule has 0 spiro atoms. The third-order valence-electron chi connectivity index (χ3n) is 5.29. The van der Waals surface area contributed by atoms with Crippen LogP contribution < -0.4 is 10.1 Å². The van der Waals surface area contributed by atoms with Gasteiger partial charge in [0.15, 0.2) is 0 Å². The first-order chi connectivity index (χ1) is 12.9. The first-order valence-corrected chi connectivity index (χ1v) is 10.1. The van der Waals surface area contributed by atoms with Crippen LogP contribution in [0.25, 0.3) is 0 Å². The van der Waals surface area contributed by atoms with Gasteiger partial charge in [-0.25, -0.2) is 0 Å². The van der Waals surface area contributed by atoms with Crippen molar-refractivity contribution in [3.63, 3.8) is 0 Å². The van der Waals surface area contributed by atoms with Gasteiger partial charge in [-0.3, -0.25) is 9.59 Å². The summed E-state index contributed by atoms with van der Waals surface area (Å²) in [5.41, 5.74) is 0.539. The molecule has 1 saturated carbocycles. The first-order valence-electron chi connectivity index (χ1n) is 9.68. The second-order valence-electron chi connectivity index (χ2n) is 7.42. The lowest BCUT2D eigenvalue weighted by atomic mass is 10.1. The highest BCUT2D eigenvalue weighted by Crippen LogP contribution is 2.29. The molecule has 27 heavy (non-hydrogen) atoms. The Morgan fingerprint density at radius 1 is 1.22 bits per heavy atom. The van der Waals surface area contributed by atoms with E-state index in [2.05, 4.69) is 5.32 Å². The van der Waals surface area contributed by atoms with Gasteiger partial charge in [-0.1, -0.05) is 24.4 Å². The minimum Gasteiger partial charge on any atom is -0.489 e. The highest BCUT2D eigenvalue weighted by Gasteiger charge is 2.26. The molecule has 0 aromatic heterocycles. The molecule has 6 nitrogen and oxygen atoms in total. The van der Waals surface area contributed by atoms with Gasteiger partial charge >= 0.3 is 0 Å². The molecule has 0 unspecified atom stereocenters. The van der Waals surface area contributed by atoms with Gasteiger partial charge in [0.2, 0.25) is 0 Å². The maximum absolute atomic E-state index is 12.3. The summed E-state index contributed by atoms with van der Waals surface area (Å²) in [5, 5.41) is 12.9. The van der Waals surface area contributed by atoms with Gasteiger partial charge in [0.1, 0.15) is 18.0 Å². The van der Waals surface area contributed by atoms with Gasteiger partial charge < -0.3 is 20.1 Å². The number of carbonyl (C=O) groups excluding carboxylic acids is 2. The van der Waals surface area contributed by atoms with E-state index < -0.39 is 6.10 Å². The minimum atomic E-state index is -0.972. The number of rotatable bonds is 5. The zero-order chi connectivity index (χ0) is 19.4. The van der Waals surface area contributed by atoms with Crippen LogP contribution in [0.4, 0.5) is 0 Å². The van der Waals surface area contributed by atoms with Crippen LogP contribution in [0.15, 0.2) is 18.2 Å². The van der Waals surface area contributed by atoms with Crippen LogP contribution in [0.5, 0.6) is 5.75 Å². The molecule has 2 aliphatic rings. The smallest absolute Gasteiger partial charge is 0.251 e. The first kappa shape index (κ1) is 20.0. The number of piperidine rings is 1. The van der Waals surface area contributed by atoms with Crippen molar-refractivity contribution in [2.45, 2.75) is 63.7 Å². The summed E-state index contributed by atoms with van der Waals surface area (Å²) in [6.07, 6.45) is 4.75. The highest BCUT2D eigenvalue weighted by atomic mass is 35.5. The number of carbonyl (C=O) groups is 2. The number of hydrogen-bond donors (Lipinski definition) is 2. The molecule has 0 bridgehead atoms. The zero-order valence-electron chi connectivity index (χ0n) is 15.6. The van der Waals surface area contributed by atoms with E-state index in [4.69, 9.17) is 16.3 Å². The van der Waals surface area contributed by atoms with E-state index in [1.54, 1.807) is 23.1 Å². The molecular formula is C20H27ClN2O4. The molecule has 1 atom stereocenters. The van der Waals surface area contributed by atoms with E-state index in [0.717, 1.165) is 12.8 Å². The Labute approximate surface area is 164 Å². The number of nitrogens with zero attached hydrogens (tertiary/aromatic N) is 1. The lowest BCUT2D eigenvalue weighted by molar-refractivity contribution is -0.141. The number of ether oxygens (including phenoxy) is 1. The number of benzene rings is 1. The second kappa shape index (κ2) is 8.93. The van der Waals surface area contributed by atoms with Crippen molar-refractivity contribution in [3.8, 4) is 5.75 Å². The Morgan fingerprint density at radius 3 is 2.48 bits per heavy atom. The third kappa shape index (κ3) is 5.14. The Hall–Kier alpha value is -1.79. The fourth-order valence-electron chi connectivity index (χ4n) is 3.71. The second-order valence-corrected chi connectivity index (χ2v) is 7.83. The predicted molar refractivity (Wildman–Crippen MR) is 103 cm³/mol. The zero-order valence-corrected chi connectivity index (χ0v) is 16.4. The fraction of sp³-hybridized carbons (Fsp3) is 0.600. The van der Waals surface area contributed by atoms with Gasteiger partial charge in [-0.05, 0) is 38.0 Å². The third-order valence-corrected chi connectivity index (χ3v) is 5.58. The van der Waals surface area contributed by atoms with Crippen LogP contribution in [0.3, 0.4) is 0 Å². The largest absolute Gasteiger partial charge is 0.489 e. The minimum absolute atomic E-state index is 0.0429. The average molecular weight is 395 g/mol.